The quantitative estimate of drug-likeness (QED) is 0.772. The largest absolute Gasteiger partial charge is 0.325 e. The van der Waals surface area contributed by atoms with Crippen LogP contribution in [-0.4, -0.2) is 26.9 Å². The summed E-state index contributed by atoms with van der Waals surface area (Å²) in [4.78, 5) is 12.1. The van der Waals surface area contributed by atoms with Crippen molar-refractivity contribution in [1.82, 2.24) is 5.32 Å². The molecular formula is C13H20ClN3O3S. The van der Waals surface area contributed by atoms with Gasteiger partial charge in [-0.25, -0.2) is 13.6 Å². The van der Waals surface area contributed by atoms with Gasteiger partial charge in [0.05, 0.1) is 10.9 Å². The number of anilines is 1. The second-order valence-electron chi connectivity index (χ2n) is 5.02. The number of hydrogen-bond acceptors (Lipinski definition) is 4. The van der Waals surface area contributed by atoms with Crippen molar-refractivity contribution in [2.45, 2.75) is 37.1 Å². The molecule has 118 valence electrons. The van der Waals surface area contributed by atoms with E-state index in [1.807, 2.05) is 0 Å². The van der Waals surface area contributed by atoms with Gasteiger partial charge in [0.25, 0.3) is 0 Å². The van der Waals surface area contributed by atoms with Gasteiger partial charge >= 0.3 is 0 Å². The molecule has 1 aliphatic heterocycles. The first-order valence-electron chi connectivity index (χ1n) is 6.55. The number of benzene rings is 1. The number of aryl methyl sites for hydroxylation is 1. The summed E-state index contributed by atoms with van der Waals surface area (Å²) in [7, 11) is -3.78. The minimum absolute atomic E-state index is 0. The van der Waals surface area contributed by atoms with Crippen LogP contribution in [0.15, 0.2) is 23.1 Å². The summed E-state index contributed by atoms with van der Waals surface area (Å²) in [6.45, 7) is 2.49. The van der Waals surface area contributed by atoms with E-state index in [0.717, 1.165) is 25.8 Å². The fourth-order valence-corrected chi connectivity index (χ4v) is 3.10. The van der Waals surface area contributed by atoms with Gasteiger partial charge in [0.2, 0.25) is 15.9 Å². The molecule has 0 aliphatic carbocycles. The van der Waals surface area contributed by atoms with Crippen LogP contribution >= 0.6 is 12.4 Å². The molecule has 1 heterocycles. The molecule has 0 spiro atoms. The molecule has 0 bridgehead atoms. The monoisotopic (exact) mass is 333 g/mol. The molecule has 2 rings (SSSR count). The Morgan fingerprint density at radius 1 is 1.38 bits per heavy atom. The Balaban J connectivity index is 0.00000220. The van der Waals surface area contributed by atoms with Crippen molar-refractivity contribution in [3.63, 3.8) is 0 Å². The summed E-state index contributed by atoms with van der Waals surface area (Å²) in [5.74, 6) is -0.145. The number of halogens is 1. The summed E-state index contributed by atoms with van der Waals surface area (Å²) < 4.78 is 22.9. The molecule has 1 amide bonds. The summed E-state index contributed by atoms with van der Waals surface area (Å²) in [5, 5.41) is 11.0. The zero-order valence-corrected chi connectivity index (χ0v) is 13.4. The zero-order chi connectivity index (χ0) is 14.8. The van der Waals surface area contributed by atoms with Crippen LogP contribution in [-0.2, 0) is 14.8 Å². The summed E-state index contributed by atoms with van der Waals surface area (Å²) in [6.07, 6.45) is 2.88. The molecular weight excluding hydrogens is 314 g/mol. The van der Waals surface area contributed by atoms with Crippen molar-refractivity contribution in [3.8, 4) is 0 Å². The Kier molecular flexibility index (Phi) is 6.15. The number of rotatable bonds is 3. The molecule has 6 nitrogen and oxygen atoms in total. The number of amides is 1. The lowest BCUT2D eigenvalue weighted by molar-refractivity contribution is -0.118. The SMILES string of the molecule is Cc1ccc(NC(=O)[C@@H]2CCCCN2)cc1S(N)(=O)=O.Cl. The smallest absolute Gasteiger partial charge is 0.241 e. The maximum atomic E-state index is 12.1. The number of nitrogens with two attached hydrogens (primary N) is 1. The molecule has 1 aliphatic rings. The second kappa shape index (κ2) is 7.22. The molecule has 1 saturated heterocycles. The molecule has 1 fully saturated rings. The van der Waals surface area contributed by atoms with E-state index in [-0.39, 0.29) is 29.3 Å². The van der Waals surface area contributed by atoms with Crippen molar-refractivity contribution >= 4 is 34.0 Å². The Hall–Kier alpha value is -1.15. The summed E-state index contributed by atoms with van der Waals surface area (Å²) in [6, 6.07) is 4.47. The molecule has 1 aromatic carbocycles. The molecule has 21 heavy (non-hydrogen) atoms. The molecule has 1 aromatic rings. The van der Waals surface area contributed by atoms with E-state index in [4.69, 9.17) is 5.14 Å². The topological polar surface area (TPSA) is 101 Å². The second-order valence-corrected chi connectivity index (χ2v) is 6.55. The van der Waals surface area contributed by atoms with Gasteiger partial charge in [-0.3, -0.25) is 4.79 Å². The highest BCUT2D eigenvalue weighted by Gasteiger charge is 2.21. The van der Waals surface area contributed by atoms with Gasteiger partial charge in [0.1, 0.15) is 0 Å². The van der Waals surface area contributed by atoms with Crippen LogP contribution in [0.25, 0.3) is 0 Å². The number of carbonyl (C=O) groups is 1. The number of carbonyl (C=O) groups excluding carboxylic acids is 1. The van der Waals surface area contributed by atoms with Crippen molar-refractivity contribution in [2.24, 2.45) is 5.14 Å². The molecule has 0 saturated carbocycles. The molecule has 1 atom stereocenters. The van der Waals surface area contributed by atoms with Gasteiger partial charge in [-0.05, 0) is 44.0 Å². The Bertz CT molecular complexity index is 613. The maximum absolute atomic E-state index is 12.1. The minimum atomic E-state index is -3.78. The van der Waals surface area contributed by atoms with Gasteiger partial charge < -0.3 is 10.6 Å². The number of hydrogen-bond donors (Lipinski definition) is 3. The average Bonchev–Trinajstić information content (AvgIpc) is 2.40. The van der Waals surface area contributed by atoms with Crippen LogP contribution in [0.3, 0.4) is 0 Å². The van der Waals surface area contributed by atoms with Crippen molar-refractivity contribution in [2.75, 3.05) is 11.9 Å². The van der Waals surface area contributed by atoms with Crippen LogP contribution in [0, 0.1) is 6.92 Å². The van der Waals surface area contributed by atoms with Gasteiger partial charge in [0.15, 0.2) is 0 Å². The summed E-state index contributed by atoms with van der Waals surface area (Å²) >= 11 is 0. The first-order valence-corrected chi connectivity index (χ1v) is 8.10. The summed E-state index contributed by atoms with van der Waals surface area (Å²) in [5.41, 5.74) is 0.998. The van der Waals surface area contributed by atoms with E-state index in [0.29, 0.717) is 11.3 Å². The first kappa shape index (κ1) is 17.9. The fraction of sp³-hybridized carbons (Fsp3) is 0.462. The molecule has 0 unspecified atom stereocenters. The van der Waals surface area contributed by atoms with Crippen molar-refractivity contribution in [1.29, 1.82) is 0 Å². The number of piperidine rings is 1. The van der Waals surface area contributed by atoms with Crippen LogP contribution in [0.5, 0.6) is 0 Å². The van der Waals surface area contributed by atoms with Crippen molar-refractivity contribution < 1.29 is 13.2 Å². The van der Waals surface area contributed by atoms with Crippen molar-refractivity contribution in [3.05, 3.63) is 23.8 Å². The highest BCUT2D eigenvalue weighted by atomic mass is 35.5. The predicted octanol–water partition coefficient (Wildman–Crippen LogP) is 1.14. The van der Waals surface area contributed by atoms with Gasteiger partial charge in [-0.2, -0.15) is 0 Å². The molecule has 8 heteroatoms. The zero-order valence-electron chi connectivity index (χ0n) is 11.8. The predicted molar refractivity (Wildman–Crippen MR) is 84.1 cm³/mol. The average molecular weight is 334 g/mol. The van der Waals surface area contributed by atoms with Gasteiger partial charge in [-0.1, -0.05) is 12.5 Å². The van der Waals surface area contributed by atoms with E-state index in [9.17, 15) is 13.2 Å². The van der Waals surface area contributed by atoms with Crippen LogP contribution in [0.2, 0.25) is 0 Å². The minimum Gasteiger partial charge on any atom is -0.325 e. The van der Waals surface area contributed by atoms with Gasteiger partial charge in [0, 0.05) is 5.69 Å². The van der Waals surface area contributed by atoms with Crippen LogP contribution in [0.4, 0.5) is 5.69 Å². The number of nitrogens with one attached hydrogen (secondary N) is 2. The normalized spacial score (nSPS) is 18.7. The molecule has 0 aromatic heterocycles. The standard InChI is InChI=1S/C13H19N3O3S.ClH/c1-9-5-6-10(8-12(9)20(14,18)19)16-13(17)11-4-2-3-7-15-11;/h5-6,8,11,15H,2-4,7H2,1H3,(H,16,17)(H2,14,18,19);1H/t11-;/m0./s1. The Morgan fingerprint density at radius 2 is 2.10 bits per heavy atom. The van der Waals surface area contributed by atoms with E-state index in [1.165, 1.54) is 6.07 Å². The number of primary sulfonamides is 1. The lowest BCUT2D eigenvalue weighted by Gasteiger charge is -2.22. The highest BCUT2D eigenvalue weighted by Crippen LogP contribution is 2.19. The van der Waals surface area contributed by atoms with Crippen LogP contribution in [0.1, 0.15) is 24.8 Å². The van der Waals surface area contributed by atoms with E-state index >= 15 is 0 Å². The number of sulfonamides is 1. The van der Waals surface area contributed by atoms with Gasteiger partial charge in [-0.15, -0.1) is 12.4 Å². The van der Waals surface area contributed by atoms with E-state index in [1.54, 1.807) is 19.1 Å². The van der Waals surface area contributed by atoms with E-state index < -0.39 is 10.0 Å². The first-order chi connectivity index (χ1) is 9.38. The van der Waals surface area contributed by atoms with E-state index in [2.05, 4.69) is 10.6 Å². The fourth-order valence-electron chi connectivity index (χ4n) is 2.29. The Morgan fingerprint density at radius 3 is 2.67 bits per heavy atom. The third-order valence-corrected chi connectivity index (χ3v) is 4.44. The third kappa shape index (κ3) is 4.67. The third-order valence-electron chi connectivity index (χ3n) is 3.39. The lowest BCUT2D eigenvalue weighted by Crippen LogP contribution is -2.43. The molecule has 4 N–H and O–H groups in total. The Labute approximate surface area is 130 Å². The van der Waals surface area contributed by atoms with Crippen LogP contribution < -0.4 is 15.8 Å². The maximum Gasteiger partial charge on any atom is 0.241 e. The highest BCUT2D eigenvalue weighted by molar-refractivity contribution is 7.89. The lowest BCUT2D eigenvalue weighted by atomic mass is 10.0. The molecule has 0 radical (unpaired) electrons.